The minimum Gasteiger partial charge on any atom is -0.491 e. The molecule has 0 spiro atoms. The number of carbonyl (C=O) groups excluding carboxylic acids is 1. The minimum absolute atomic E-state index is 0.0624. The summed E-state index contributed by atoms with van der Waals surface area (Å²) in [6, 6.07) is 7.94. The monoisotopic (exact) mass is 317 g/mol. The Morgan fingerprint density at radius 3 is 2.74 bits per heavy atom. The van der Waals surface area contributed by atoms with E-state index in [-0.39, 0.29) is 24.7 Å². The molecule has 0 bridgehead atoms. The fraction of sp³-hybridized carbons (Fsp3) is 0.526. The molecule has 4 nitrogen and oxygen atoms in total. The molecule has 0 unspecified atom stereocenters. The van der Waals surface area contributed by atoms with Crippen LogP contribution >= 0.6 is 0 Å². The number of carbonyl (C=O) groups is 1. The second kappa shape index (κ2) is 8.73. The molecule has 0 radical (unpaired) electrons. The van der Waals surface area contributed by atoms with E-state index in [1.807, 2.05) is 44.2 Å². The first-order chi connectivity index (χ1) is 11.1. The number of aliphatic hydroxyl groups is 1. The Labute approximate surface area is 138 Å². The number of amides is 1. The molecule has 0 aliphatic heterocycles. The molecule has 4 heteroatoms. The van der Waals surface area contributed by atoms with E-state index >= 15 is 0 Å². The number of benzene rings is 1. The van der Waals surface area contributed by atoms with Crippen molar-refractivity contribution in [3.8, 4) is 5.75 Å². The first-order valence-corrected chi connectivity index (χ1v) is 8.43. The van der Waals surface area contributed by atoms with Gasteiger partial charge in [-0.05, 0) is 69.2 Å². The maximum Gasteiger partial charge on any atom is 0.244 e. The molecule has 1 aliphatic carbocycles. The van der Waals surface area contributed by atoms with Crippen molar-refractivity contribution >= 4 is 12.0 Å². The summed E-state index contributed by atoms with van der Waals surface area (Å²) < 4.78 is 5.65. The van der Waals surface area contributed by atoms with Crippen molar-refractivity contribution in [2.24, 2.45) is 5.92 Å². The van der Waals surface area contributed by atoms with Crippen LogP contribution in [0.15, 0.2) is 30.3 Å². The fourth-order valence-corrected chi connectivity index (χ4v) is 2.87. The van der Waals surface area contributed by atoms with E-state index in [0.717, 1.165) is 37.0 Å². The lowest BCUT2D eigenvalue weighted by molar-refractivity contribution is -0.117. The molecule has 2 N–H and O–H groups in total. The van der Waals surface area contributed by atoms with Crippen molar-refractivity contribution in [3.05, 3.63) is 35.9 Å². The van der Waals surface area contributed by atoms with E-state index in [1.165, 1.54) is 0 Å². The quantitative estimate of drug-likeness (QED) is 0.792. The highest BCUT2D eigenvalue weighted by atomic mass is 16.5. The zero-order valence-corrected chi connectivity index (χ0v) is 14.0. The van der Waals surface area contributed by atoms with Gasteiger partial charge in [0.2, 0.25) is 5.91 Å². The van der Waals surface area contributed by atoms with Crippen LogP contribution in [0.5, 0.6) is 5.75 Å². The summed E-state index contributed by atoms with van der Waals surface area (Å²) >= 11 is 0. The van der Waals surface area contributed by atoms with Crippen LogP contribution in [-0.4, -0.2) is 29.8 Å². The largest absolute Gasteiger partial charge is 0.491 e. The Morgan fingerprint density at radius 2 is 2.09 bits per heavy atom. The summed E-state index contributed by atoms with van der Waals surface area (Å²) in [6.45, 7) is 4.23. The molecular weight excluding hydrogens is 290 g/mol. The van der Waals surface area contributed by atoms with Crippen molar-refractivity contribution in [1.29, 1.82) is 0 Å². The molecule has 1 fully saturated rings. The van der Waals surface area contributed by atoms with Crippen LogP contribution in [0.1, 0.15) is 45.1 Å². The summed E-state index contributed by atoms with van der Waals surface area (Å²) in [5, 5.41) is 12.2. The maximum atomic E-state index is 12.0. The van der Waals surface area contributed by atoms with Crippen LogP contribution in [0.2, 0.25) is 0 Å². The molecule has 0 atom stereocenters. The van der Waals surface area contributed by atoms with E-state index in [0.29, 0.717) is 5.92 Å². The second-order valence-corrected chi connectivity index (χ2v) is 6.48. The predicted molar refractivity (Wildman–Crippen MR) is 92.2 cm³/mol. The first-order valence-electron chi connectivity index (χ1n) is 8.43. The molecule has 0 saturated heterocycles. The van der Waals surface area contributed by atoms with Gasteiger partial charge in [-0.3, -0.25) is 4.79 Å². The lowest BCUT2D eigenvalue weighted by Crippen LogP contribution is -2.37. The van der Waals surface area contributed by atoms with E-state index < -0.39 is 0 Å². The van der Waals surface area contributed by atoms with Crippen LogP contribution in [0.4, 0.5) is 0 Å². The first kappa shape index (κ1) is 17.5. The highest BCUT2D eigenvalue weighted by Gasteiger charge is 2.21. The van der Waals surface area contributed by atoms with Gasteiger partial charge in [0.05, 0.1) is 6.10 Å². The Balaban J connectivity index is 1.84. The number of rotatable bonds is 6. The third-order valence-electron chi connectivity index (χ3n) is 4.11. The van der Waals surface area contributed by atoms with Crippen molar-refractivity contribution in [2.45, 2.75) is 51.7 Å². The Kier molecular flexibility index (Phi) is 6.66. The standard InChI is InChI=1S/C19H27NO3/c1-14(2)23-18-5-3-4-15(12-18)8-11-19(22)20-17-9-6-16(13-21)7-10-17/h3-5,8,11-12,14,16-17,21H,6-7,9-10,13H2,1-2H3,(H,20,22)/b11-8+. The maximum absolute atomic E-state index is 12.0. The van der Waals surface area contributed by atoms with Crippen molar-refractivity contribution in [1.82, 2.24) is 5.32 Å². The normalized spacial score (nSPS) is 21.6. The number of nitrogens with one attached hydrogen (secondary N) is 1. The van der Waals surface area contributed by atoms with Gasteiger partial charge in [-0.2, -0.15) is 0 Å². The molecule has 23 heavy (non-hydrogen) atoms. The van der Waals surface area contributed by atoms with Gasteiger partial charge >= 0.3 is 0 Å². The Hall–Kier alpha value is -1.81. The van der Waals surface area contributed by atoms with E-state index in [4.69, 9.17) is 9.84 Å². The zero-order valence-electron chi connectivity index (χ0n) is 14.0. The summed E-state index contributed by atoms with van der Waals surface area (Å²) in [6.07, 6.45) is 7.38. The van der Waals surface area contributed by atoms with Gasteiger partial charge in [0.1, 0.15) is 5.75 Å². The summed E-state index contributed by atoms with van der Waals surface area (Å²) in [5.41, 5.74) is 0.947. The molecule has 126 valence electrons. The highest BCUT2D eigenvalue weighted by molar-refractivity contribution is 5.91. The average molecular weight is 317 g/mol. The smallest absolute Gasteiger partial charge is 0.244 e. The molecule has 2 rings (SSSR count). The number of aliphatic hydroxyl groups excluding tert-OH is 1. The fourth-order valence-electron chi connectivity index (χ4n) is 2.87. The zero-order chi connectivity index (χ0) is 16.7. The average Bonchev–Trinajstić information content (AvgIpc) is 2.53. The molecule has 1 amide bonds. The van der Waals surface area contributed by atoms with Gasteiger partial charge in [-0.1, -0.05) is 12.1 Å². The summed E-state index contributed by atoms with van der Waals surface area (Å²) in [7, 11) is 0. The van der Waals surface area contributed by atoms with Gasteiger partial charge in [-0.15, -0.1) is 0 Å². The third-order valence-corrected chi connectivity index (χ3v) is 4.11. The molecule has 1 aromatic carbocycles. The third kappa shape index (κ3) is 6.06. The summed E-state index contributed by atoms with van der Waals surface area (Å²) in [4.78, 5) is 12.0. The van der Waals surface area contributed by atoms with E-state index in [9.17, 15) is 4.79 Å². The second-order valence-electron chi connectivity index (χ2n) is 6.48. The van der Waals surface area contributed by atoms with Crippen LogP contribution in [0.3, 0.4) is 0 Å². The molecule has 0 aromatic heterocycles. The predicted octanol–water partition coefficient (Wildman–Crippen LogP) is 3.15. The van der Waals surface area contributed by atoms with Crippen molar-refractivity contribution in [3.63, 3.8) is 0 Å². The molecule has 1 aliphatic rings. The lowest BCUT2D eigenvalue weighted by Gasteiger charge is -2.27. The van der Waals surface area contributed by atoms with Crippen LogP contribution in [0, 0.1) is 5.92 Å². The van der Waals surface area contributed by atoms with Gasteiger partial charge < -0.3 is 15.2 Å². The lowest BCUT2D eigenvalue weighted by atomic mass is 9.86. The SMILES string of the molecule is CC(C)Oc1cccc(/C=C/C(=O)NC2CCC(CO)CC2)c1. The van der Waals surface area contributed by atoms with Gasteiger partial charge in [-0.25, -0.2) is 0 Å². The Bertz CT molecular complexity index is 531. The number of hydrogen-bond acceptors (Lipinski definition) is 3. The molecule has 0 heterocycles. The Morgan fingerprint density at radius 1 is 1.35 bits per heavy atom. The highest BCUT2D eigenvalue weighted by Crippen LogP contribution is 2.23. The van der Waals surface area contributed by atoms with Crippen molar-refractivity contribution < 1.29 is 14.6 Å². The molecular formula is C19H27NO3. The van der Waals surface area contributed by atoms with Gasteiger partial charge in [0.25, 0.3) is 0 Å². The topological polar surface area (TPSA) is 58.6 Å². The van der Waals surface area contributed by atoms with E-state index in [1.54, 1.807) is 6.08 Å². The number of hydrogen-bond donors (Lipinski definition) is 2. The van der Waals surface area contributed by atoms with E-state index in [2.05, 4.69) is 5.32 Å². The number of ether oxygens (including phenoxy) is 1. The molecule has 1 aromatic rings. The van der Waals surface area contributed by atoms with Crippen molar-refractivity contribution in [2.75, 3.05) is 6.61 Å². The van der Waals surface area contributed by atoms with Crippen LogP contribution < -0.4 is 10.1 Å². The van der Waals surface area contributed by atoms with Crippen LogP contribution in [-0.2, 0) is 4.79 Å². The van der Waals surface area contributed by atoms with Crippen LogP contribution in [0.25, 0.3) is 6.08 Å². The van der Waals surface area contributed by atoms with Gasteiger partial charge in [0.15, 0.2) is 0 Å². The van der Waals surface area contributed by atoms with Gasteiger partial charge in [0, 0.05) is 18.7 Å². The summed E-state index contributed by atoms with van der Waals surface area (Å²) in [5.74, 6) is 1.15. The molecule has 1 saturated carbocycles. The minimum atomic E-state index is -0.0624.